The van der Waals surface area contributed by atoms with E-state index in [4.69, 9.17) is 16.7 Å². The predicted octanol–water partition coefficient (Wildman–Crippen LogP) is -2.38. The van der Waals surface area contributed by atoms with E-state index in [0.717, 1.165) is 36.7 Å². The molecule has 11 heteroatoms. The second-order valence-corrected chi connectivity index (χ2v) is 8.34. The summed E-state index contributed by atoms with van der Waals surface area (Å²) in [6, 6.07) is 0. The van der Waals surface area contributed by atoms with E-state index < -0.39 is 10.0 Å². The fourth-order valence-corrected chi connectivity index (χ4v) is 3.27. The molecule has 1 aromatic heterocycles. The molecular formula is C14H22ClN7O2S. The van der Waals surface area contributed by atoms with Crippen molar-refractivity contribution in [2.75, 3.05) is 55.7 Å². The Labute approximate surface area is 151 Å². The van der Waals surface area contributed by atoms with Crippen LogP contribution in [-0.2, 0) is 10.0 Å². The van der Waals surface area contributed by atoms with Gasteiger partial charge in [0.2, 0.25) is 16.0 Å². The van der Waals surface area contributed by atoms with Gasteiger partial charge in [-0.15, -0.1) is 0 Å². The van der Waals surface area contributed by atoms with Crippen LogP contribution in [0.3, 0.4) is 0 Å². The standard InChI is InChI=1S/C14H22ClN7O2S/c1-21-3-5-22(6-4-21)14-19-11-9-18-12(15)8-10(11)13(20-14)17-2-7-25(16,23)24/h8-9,12,18H,2-7H2,1H3,(H2,16,23,24)(H,17,19,20). The average molecular weight is 388 g/mol. The Hall–Kier alpha value is -1.62. The minimum absolute atomic E-state index is 0.165. The summed E-state index contributed by atoms with van der Waals surface area (Å²) in [4.78, 5) is 13.6. The van der Waals surface area contributed by atoms with Crippen LogP contribution in [0.25, 0.3) is 12.3 Å². The number of sulfonamides is 1. The SMILES string of the molecule is CN1CCN(c2nc(NCCS(N)(=O)=O)c3c(n2)=CNC(Cl)C=3)CC1. The van der Waals surface area contributed by atoms with E-state index in [2.05, 4.69) is 37.4 Å². The Bertz CT molecular complexity index is 853. The van der Waals surface area contributed by atoms with E-state index in [0.29, 0.717) is 11.8 Å². The fraction of sp³-hybridized carbons (Fsp3) is 0.571. The first-order valence-electron chi connectivity index (χ1n) is 8.00. The Kier molecular flexibility index (Phi) is 5.32. The molecule has 1 aromatic rings. The number of rotatable bonds is 5. The second-order valence-electron chi connectivity index (χ2n) is 6.13. The lowest BCUT2D eigenvalue weighted by Gasteiger charge is -2.32. The Morgan fingerprint density at radius 2 is 2.08 bits per heavy atom. The van der Waals surface area contributed by atoms with Crippen LogP contribution in [0.5, 0.6) is 0 Å². The molecule has 0 amide bonds. The van der Waals surface area contributed by atoms with E-state index in [-0.39, 0.29) is 17.8 Å². The van der Waals surface area contributed by atoms with E-state index in [1.165, 1.54) is 0 Å². The number of nitrogens with one attached hydrogen (secondary N) is 2. The zero-order chi connectivity index (χ0) is 18.0. The summed E-state index contributed by atoms with van der Waals surface area (Å²) in [5.74, 6) is 0.998. The normalized spacial score (nSPS) is 20.9. The highest BCUT2D eigenvalue weighted by Gasteiger charge is 2.19. The monoisotopic (exact) mass is 387 g/mol. The maximum Gasteiger partial charge on any atom is 0.228 e. The molecular weight excluding hydrogens is 366 g/mol. The summed E-state index contributed by atoms with van der Waals surface area (Å²) >= 11 is 6.11. The van der Waals surface area contributed by atoms with Crippen LogP contribution in [0, 0.1) is 0 Å². The highest BCUT2D eigenvalue weighted by atomic mass is 35.5. The Morgan fingerprint density at radius 3 is 2.76 bits per heavy atom. The summed E-state index contributed by atoms with van der Waals surface area (Å²) in [5.41, 5.74) is -0.371. The van der Waals surface area contributed by atoms with Crippen LogP contribution < -0.4 is 31.2 Å². The van der Waals surface area contributed by atoms with Gasteiger partial charge >= 0.3 is 0 Å². The second kappa shape index (κ2) is 7.32. The van der Waals surface area contributed by atoms with Gasteiger partial charge in [-0.1, -0.05) is 11.6 Å². The molecule has 1 atom stereocenters. The van der Waals surface area contributed by atoms with Crippen LogP contribution in [0.4, 0.5) is 11.8 Å². The van der Waals surface area contributed by atoms with E-state index in [1.54, 1.807) is 12.3 Å². The number of hydrogen-bond donors (Lipinski definition) is 3. The molecule has 4 N–H and O–H groups in total. The molecule has 2 aliphatic heterocycles. The van der Waals surface area contributed by atoms with E-state index in [1.807, 2.05) is 0 Å². The minimum Gasteiger partial charge on any atom is -0.370 e. The number of primary sulfonamides is 1. The molecule has 0 saturated carbocycles. The smallest absolute Gasteiger partial charge is 0.228 e. The first kappa shape index (κ1) is 18.2. The van der Waals surface area contributed by atoms with Crippen LogP contribution >= 0.6 is 11.6 Å². The number of nitrogens with zero attached hydrogens (tertiary/aromatic N) is 4. The number of piperazine rings is 1. The number of likely N-dealkylation sites (N-methyl/N-ethyl adjacent to an activating group) is 1. The van der Waals surface area contributed by atoms with Crippen molar-refractivity contribution < 1.29 is 8.42 Å². The number of hydrogen-bond acceptors (Lipinski definition) is 8. The lowest BCUT2D eigenvalue weighted by atomic mass is 10.3. The molecule has 3 rings (SSSR count). The summed E-state index contributed by atoms with van der Waals surface area (Å²) in [6.07, 6.45) is 3.54. The van der Waals surface area contributed by atoms with Crippen molar-refractivity contribution in [1.29, 1.82) is 0 Å². The number of alkyl halides is 1. The largest absolute Gasteiger partial charge is 0.370 e. The highest BCUT2D eigenvalue weighted by molar-refractivity contribution is 7.89. The highest BCUT2D eigenvalue weighted by Crippen LogP contribution is 2.10. The number of aromatic nitrogens is 2. The van der Waals surface area contributed by atoms with E-state index >= 15 is 0 Å². The molecule has 138 valence electrons. The van der Waals surface area contributed by atoms with Gasteiger partial charge in [0.1, 0.15) is 11.3 Å². The Balaban J connectivity index is 1.91. The number of halogens is 1. The van der Waals surface area contributed by atoms with Gasteiger partial charge in [0.25, 0.3) is 0 Å². The summed E-state index contributed by atoms with van der Waals surface area (Å²) in [6.45, 7) is 3.71. The van der Waals surface area contributed by atoms with Crippen LogP contribution in [0.15, 0.2) is 0 Å². The van der Waals surface area contributed by atoms with Gasteiger partial charge in [-0.05, 0) is 13.1 Å². The lowest BCUT2D eigenvalue weighted by Crippen LogP contribution is -2.48. The van der Waals surface area contributed by atoms with Gasteiger partial charge in [-0.3, -0.25) is 0 Å². The molecule has 9 nitrogen and oxygen atoms in total. The number of nitrogens with two attached hydrogens (primary N) is 1. The van der Waals surface area contributed by atoms with Gasteiger partial charge in [-0.25, -0.2) is 18.5 Å². The van der Waals surface area contributed by atoms with Gasteiger partial charge < -0.3 is 20.4 Å². The first-order chi connectivity index (χ1) is 11.8. The molecule has 0 radical (unpaired) electrons. The van der Waals surface area contributed by atoms with Crippen molar-refractivity contribution in [3.63, 3.8) is 0 Å². The number of anilines is 2. The lowest BCUT2D eigenvalue weighted by molar-refractivity contribution is 0.311. The molecule has 0 spiro atoms. The van der Waals surface area contributed by atoms with Crippen molar-refractivity contribution in [2.45, 2.75) is 5.50 Å². The van der Waals surface area contributed by atoms with Crippen molar-refractivity contribution in [3.8, 4) is 0 Å². The van der Waals surface area contributed by atoms with Gasteiger partial charge in [0.15, 0.2) is 0 Å². The summed E-state index contributed by atoms with van der Waals surface area (Å²) in [7, 11) is -1.46. The molecule has 0 aromatic carbocycles. The molecule has 2 aliphatic rings. The third-order valence-electron chi connectivity index (χ3n) is 4.12. The molecule has 1 saturated heterocycles. The molecule has 1 unspecified atom stereocenters. The quantitative estimate of drug-likeness (QED) is 0.379. The maximum atomic E-state index is 11.2. The van der Waals surface area contributed by atoms with Gasteiger partial charge in [-0.2, -0.15) is 4.98 Å². The number of fused-ring (bicyclic) bond motifs is 1. The van der Waals surface area contributed by atoms with Crippen molar-refractivity contribution in [1.82, 2.24) is 20.2 Å². The zero-order valence-electron chi connectivity index (χ0n) is 13.9. The minimum atomic E-state index is -3.54. The third kappa shape index (κ3) is 4.72. The van der Waals surface area contributed by atoms with Crippen LogP contribution in [0.1, 0.15) is 0 Å². The third-order valence-corrected chi connectivity index (χ3v) is 5.15. The summed E-state index contributed by atoms with van der Waals surface area (Å²) < 4.78 is 22.3. The molecule has 0 bridgehead atoms. The van der Waals surface area contributed by atoms with Crippen molar-refractivity contribution in [2.24, 2.45) is 5.14 Å². The zero-order valence-corrected chi connectivity index (χ0v) is 15.5. The van der Waals surface area contributed by atoms with Crippen molar-refractivity contribution >= 4 is 45.7 Å². The molecule has 1 fully saturated rings. The van der Waals surface area contributed by atoms with Crippen LogP contribution in [0.2, 0.25) is 0 Å². The summed E-state index contributed by atoms with van der Waals surface area (Å²) in [5, 5.41) is 12.6. The predicted molar refractivity (Wildman–Crippen MR) is 99.2 cm³/mol. The molecule has 0 aliphatic carbocycles. The van der Waals surface area contributed by atoms with Gasteiger partial charge in [0.05, 0.1) is 11.1 Å². The first-order valence-corrected chi connectivity index (χ1v) is 10.1. The topological polar surface area (TPSA) is 116 Å². The van der Waals surface area contributed by atoms with Gasteiger partial charge in [0, 0.05) is 44.1 Å². The van der Waals surface area contributed by atoms with Crippen molar-refractivity contribution in [3.05, 3.63) is 10.6 Å². The Morgan fingerprint density at radius 1 is 1.36 bits per heavy atom. The van der Waals surface area contributed by atoms with Crippen LogP contribution in [-0.4, -0.2) is 74.3 Å². The molecule has 3 heterocycles. The average Bonchev–Trinajstić information content (AvgIpc) is 2.54. The molecule has 25 heavy (non-hydrogen) atoms. The fourth-order valence-electron chi connectivity index (χ4n) is 2.70. The maximum absolute atomic E-state index is 11.2. The van der Waals surface area contributed by atoms with E-state index in [9.17, 15) is 8.42 Å².